The minimum Gasteiger partial charge on any atom is -0.383 e. The van der Waals surface area contributed by atoms with Crippen molar-refractivity contribution in [3.8, 4) is 18.4 Å². The first kappa shape index (κ1) is 28.8. The minimum absolute atomic E-state index is 0.0939. The highest BCUT2D eigenvalue weighted by molar-refractivity contribution is 5.99. The number of aryl methyl sites for hydroxylation is 1. The highest BCUT2D eigenvalue weighted by atomic mass is 19.4. The van der Waals surface area contributed by atoms with Crippen LogP contribution < -0.4 is 10.6 Å². The van der Waals surface area contributed by atoms with Crippen LogP contribution in [0.5, 0.6) is 0 Å². The number of terminal acetylenes is 1. The number of hydrogen-bond acceptors (Lipinski definition) is 7. The van der Waals surface area contributed by atoms with Crippen molar-refractivity contribution in [2.24, 2.45) is 5.41 Å². The second kappa shape index (κ2) is 10.3. The van der Waals surface area contributed by atoms with Crippen molar-refractivity contribution in [1.82, 2.24) is 25.0 Å². The van der Waals surface area contributed by atoms with E-state index in [0.717, 1.165) is 4.68 Å². The quantitative estimate of drug-likeness (QED) is 0.153. The fourth-order valence-electron chi connectivity index (χ4n) is 4.83. The van der Waals surface area contributed by atoms with E-state index >= 15 is 0 Å². The number of pyridine rings is 2. The van der Waals surface area contributed by atoms with Crippen LogP contribution in [0.25, 0.3) is 10.9 Å². The highest BCUT2D eigenvalue weighted by Crippen LogP contribution is 2.55. The van der Waals surface area contributed by atoms with Gasteiger partial charge in [0, 0.05) is 35.1 Å². The van der Waals surface area contributed by atoms with Gasteiger partial charge in [0.05, 0.1) is 34.6 Å². The Morgan fingerprint density at radius 1 is 1.17 bits per heavy atom. The van der Waals surface area contributed by atoms with E-state index in [1.807, 2.05) is 0 Å². The lowest BCUT2D eigenvalue weighted by Crippen LogP contribution is -2.35. The Balaban J connectivity index is 1.64. The maximum Gasteiger partial charge on any atom is 0.413 e. The number of alkyl halides is 3. The Hall–Kier alpha value is -4.71. The van der Waals surface area contributed by atoms with Crippen LogP contribution in [0.1, 0.15) is 67.7 Å². The number of rotatable bonds is 7. The first-order valence-corrected chi connectivity index (χ1v) is 13.2. The molecule has 1 saturated carbocycles. The van der Waals surface area contributed by atoms with Crippen LogP contribution >= 0.6 is 0 Å². The molecule has 0 aliphatic heterocycles. The summed E-state index contributed by atoms with van der Waals surface area (Å²) in [4.78, 5) is 8.34. The molecule has 2 N–H and O–H groups in total. The van der Waals surface area contributed by atoms with Crippen molar-refractivity contribution < 1.29 is 17.6 Å². The zero-order valence-electron chi connectivity index (χ0n) is 23.4. The molecular formula is C30H28F4N8. The number of nitrogens with zero attached hydrogens (tertiary/aromatic N) is 6. The van der Waals surface area contributed by atoms with Gasteiger partial charge in [0.25, 0.3) is 0 Å². The normalized spacial score (nSPS) is 15.1. The highest BCUT2D eigenvalue weighted by Gasteiger charge is 2.66. The molecule has 0 radical (unpaired) electrons. The number of halogens is 4. The number of nitrogens with one attached hydrogen (secondary N) is 2. The number of aromatic nitrogens is 5. The number of benzene rings is 1. The zero-order chi connectivity index (χ0) is 30.4. The summed E-state index contributed by atoms with van der Waals surface area (Å²) in [5.74, 6) is 1.94. The summed E-state index contributed by atoms with van der Waals surface area (Å²) in [6.07, 6.45) is 3.90. The van der Waals surface area contributed by atoms with E-state index in [2.05, 4.69) is 63.7 Å². The monoisotopic (exact) mass is 576 g/mol. The van der Waals surface area contributed by atoms with Gasteiger partial charge in [-0.25, -0.2) is 9.67 Å². The maximum atomic E-state index is 13.9. The van der Waals surface area contributed by atoms with Gasteiger partial charge in [-0.3, -0.25) is 4.98 Å². The van der Waals surface area contributed by atoms with E-state index in [-0.39, 0.29) is 24.0 Å². The SMILES string of the molecule is C#Cc1cc(NC(c2cn(C3(C(F)(F)F)CC3)nn2)c2ccc(F)nc2C)cc2c(NCC(C)(C)C)c(C#N)cnc12. The van der Waals surface area contributed by atoms with E-state index in [4.69, 9.17) is 6.42 Å². The molecule has 4 aromatic rings. The summed E-state index contributed by atoms with van der Waals surface area (Å²) in [5, 5.41) is 25.0. The molecule has 1 fully saturated rings. The third-order valence-electron chi connectivity index (χ3n) is 7.25. The van der Waals surface area contributed by atoms with Gasteiger partial charge < -0.3 is 10.6 Å². The summed E-state index contributed by atoms with van der Waals surface area (Å²) in [6, 6.07) is 7.41. The van der Waals surface area contributed by atoms with E-state index in [1.165, 1.54) is 24.5 Å². The first-order chi connectivity index (χ1) is 19.8. The molecule has 1 unspecified atom stereocenters. The number of anilines is 2. The lowest BCUT2D eigenvalue weighted by Gasteiger charge is -2.23. The molecule has 12 heteroatoms. The van der Waals surface area contributed by atoms with Gasteiger partial charge in [-0.15, -0.1) is 11.5 Å². The van der Waals surface area contributed by atoms with Crippen LogP contribution in [0.4, 0.5) is 28.9 Å². The van der Waals surface area contributed by atoms with Crippen molar-refractivity contribution in [3.63, 3.8) is 0 Å². The van der Waals surface area contributed by atoms with E-state index < -0.39 is 23.7 Å². The molecule has 5 rings (SSSR count). The van der Waals surface area contributed by atoms with Crippen molar-refractivity contribution in [2.75, 3.05) is 17.2 Å². The average Bonchev–Trinajstić information content (AvgIpc) is 3.61. The standard InChI is InChI=1S/C30H28F4N8/c1-6-18-11-20(12-22-25(18)36-14-19(13-35)26(22)37-16-28(3,4)5)39-27(21-7-8-24(31)38-17(21)2)23-15-42(41-40-23)29(9-10-29)30(32,33)34/h1,7-8,11-12,14-15,27,39H,9-10,16H2,2-5H3,(H,36,37). The molecule has 0 amide bonds. The minimum atomic E-state index is -4.49. The molecule has 1 atom stereocenters. The van der Waals surface area contributed by atoms with Gasteiger partial charge in [0.15, 0.2) is 5.54 Å². The summed E-state index contributed by atoms with van der Waals surface area (Å²) in [5.41, 5.74) is 1.08. The largest absolute Gasteiger partial charge is 0.413 e. The lowest BCUT2D eigenvalue weighted by molar-refractivity contribution is -0.182. The number of fused-ring (bicyclic) bond motifs is 1. The van der Waals surface area contributed by atoms with Gasteiger partial charge in [-0.2, -0.15) is 22.8 Å². The predicted molar refractivity (Wildman–Crippen MR) is 150 cm³/mol. The molecular weight excluding hydrogens is 548 g/mol. The van der Waals surface area contributed by atoms with E-state index in [9.17, 15) is 22.8 Å². The predicted octanol–water partition coefficient (Wildman–Crippen LogP) is 6.23. The smallest absolute Gasteiger partial charge is 0.383 e. The fraction of sp³-hybridized carbons (Fsp3) is 0.367. The second-order valence-corrected chi connectivity index (χ2v) is 11.6. The topological polar surface area (TPSA) is 104 Å². The summed E-state index contributed by atoms with van der Waals surface area (Å²) < 4.78 is 56.3. The Morgan fingerprint density at radius 2 is 1.90 bits per heavy atom. The Labute approximate surface area is 240 Å². The molecule has 3 aromatic heterocycles. The molecule has 1 aliphatic carbocycles. The molecule has 0 bridgehead atoms. The number of nitriles is 1. The van der Waals surface area contributed by atoms with Gasteiger partial charge in [0.1, 0.15) is 11.8 Å². The second-order valence-electron chi connectivity index (χ2n) is 11.6. The fourth-order valence-corrected chi connectivity index (χ4v) is 4.83. The van der Waals surface area contributed by atoms with Crippen molar-refractivity contribution in [2.45, 2.75) is 58.3 Å². The van der Waals surface area contributed by atoms with Crippen LogP contribution in [-0.4, -0.2) is 37.7 Å². The molecule has 1 aliphatic rings. The molecule has 42 heavy (non-hydrogen) atoms. The summed E-state index contributed by atoms with van der Waals surface area (Å²) in [6.45, 7) is 8.31. The Morgan fingerprint density at radius 3 is 2.50 bits per heavy atom. The van der Waals surface area contributed by atoms with Crippen LogP contribution in [0, 0.1) is 42.0 Å². The van der Waals surface area contributed by atoms with Crippen molar-refractivity contribution in [3.05, 3.63) is 70.7 Å². The van der Waals surface area contributed by atoms with Gasteiger partial charge >= 0.3 is 6.18 Å². The third-order valence-corrected chi connectivity index (χ3v) is 7.25. The molecule has 8 nitrogen and oxygen atoms in total. The Bertz CT molecular complexity index is 1750. The van der Waals surface area contributed by atoms with Crippen LogP contribution in [-0.2, 0) is 5.54 Å². The average molecular weight is 577 g/mol. The van der Waals surface area contributed by atoms with Crippen LogP contribution in [0.3, 0.4) is 0 Å². The van der Waals surface area contributed by atoms with E-state index in [0.29, 0.717) is 51.2 Å². The van der Waals surface area contributed by atoms with Gasteiger partial charge in [0.2, 0.25) is 5.95 Å². The molecule has 1 aromatic carbocycles. The molecule has 0 spiro atoms. The van der Waals surface area contributed by atoms with Gasteiger partial charge in [-0.05, 0) is 43.4 Å². The van der Waals surface area contributed by atoms with Crippen LogP contribution in [0.2, 0.25) is 0 Å². The Kier molecular flexibility index (Phi) is 7.05. The molecule has 0 saturated heterocycles. The number of hydrogen-bond donors (Lipinski definition) is 2. The zero-order valence-corrected chi connectivity index (χ0v) is 23.4. The maximum absolute atomic E-state index is 13.9. The van der Waals surface area contributed by atoms with Crippen LogP contribution in [0.15, 0.2) is 36.7 Å². The van der Waals surface area contributed by atoms with Gasteiger partial charge in [-0.1, -0.05) is 38.0 Å². The molecule has 216 valence electrons. The summed E-state index contributed by atoms with van der Waals surface area (Å²) >= 11 is 0. The lowest BCUT2D eigenvalue weighted by atomic mass is 9.96. The summed E-state index contributed by atoms with van der Waals surface area (Å²) in [7, 11) is 0. The van der Waals surface area contributed by atoms with E-state index in [1.54, 1.807) is 19.1 Å². The van der Waals surface area contributed by atoms with Crippen molar-refractivity contribution in [1.29, 1.82) is 5.26 Å². The van der Waals surface area contributed by atoms with Crippen molar-refractivity contribution >= 4 is 22.3 Å². The molecule has 3 heterocycles. The third kappa shape index (κ3) is 5.32. The first-order valence-electron chi connectivity index (χ1n) is 13.2.